The van der Waals surface area contributed by atoms with Crippen molar-refractivity contribution in [1.82, 2.24) is 25.0 Å². The van der Waals surface area contributed by atoms with Gasteiger partial charge in [0.05, 0.1) is 6.04 Å². The summed E-state index contributed by atoms with van der Waals surface area (Å²) in [5.41, 5.74) is 1.26. The van der Waals surface area contributed by atoms with E-state index in [2.05, 4.69) is 44.6 Å². The molecule has 6 nitrogen and oxygen atoms in total. The summed E-state index contributed by atoms with van der Waals surface area (Å²) in [6.45, 7) is 3.65. The van der Waals surface area contributed by atoms with Crippen molar-refractivity contribution in [3.63, 3.8) is 0 Å². The first-order valence-corrected chi connectivity index (χ1v) is 8.70. The highest BCUT2D eigenvalue weighted by Crippen LogP contribution is 2.42. The van der Waals surface area contributed by atoms with E-state index in [1.165, 1.54) is 11.9 Å². The molecule has 0 unspecified atom stereocenters. The molecule has 1 aromatic heterocycles. The number of amides is 1. The summed E-state index contributed by atoms with van der Waals surface area (Å²) in [5, 5.41) is 7.58. The van der Waals surface area contributed by atoms with Gasteiger partial charge in [0.1, 0.15) is 12.7 Å². The number of nitrogens with one attached hydrogen (secondary N) is 1. The number of carbonyl (C=O) groups excluding carboxylic acids is 1. The van der Waals surface area contributed by atoms with Crippen LogP contribution in [0.5, 0.6) is 0 Å². The van der Waals surface area contributed by atoms with Crippen molar-refractivity contribution in [2.75, 3.05) is 19.6 Å². The molecule has 3 heterocycles. The minimum atomic E-state index is 0. The Kier molecular flexibility index (Phi) is 5.71. The van der Waals surface area contributed by atoms with Crippen molar-refractivity contribution >= 4 is 18.3 Å². The maximum atomic E-state index is 12.8. The Labute approximate surface area is 154 Å². The van der Waals surface area contributed by atoms with Gasteiger partial charge in [-0.25, -0.2) is 4.98 Å². The first-order valence-electron chi connectivity index (χ1n) is 8.70. The number of fused-ring (bicyclic) bond motifs is 1. The van der Waals surface area contributed by atoms with Crippen LogP contribution in [-0.2, 0) is 11.3 Å². The van der Waals surface area contributed by atoms with Crippen molar-refractivity contribution in [3.05, 3.63) is 48.5 Å². The van der Waals surface area contributed by atoms with Crippen LogP contribution in [0.3, 0.4) is 0 Å². The molecule has 3 atom stereocenters. The Hall–Kier alpha value is -1.92. The zero-order valence-electron chi connectivity index (χ0n) is 14.1. The lowest BCUT2D eigenvalue weighted by atomic mass is 9.89. The third-order valence-corrected chi connectivity index (χ3v) is 5.27. The number of hydrogen-bond donors (Lipinski definition) is 1. The van der Waals surface area contributed by atoms with Crippen LogP contribution in [0.1, 0.15) is 24.4 Å². The number of aryl methyl sites for hydroxylation is 1. The number of carbonyl (C=O) groups is 1. The molecule has 2 aliphatic rings. The number of nitrogens with zero attached hydrogens (tertiary/aromatic N) is 4. The molecule has 134 valence electrons. The van der Waals surface area contributed by atoms with Crippen molar-refractivity contribution < 1.29 is 4.79 Å². The van der Waals surface area contributed by atoms with Crippen LogP contribution in [0.2, 0.25) is 0 Å². The fourth-order valence-corrected chi connectivity index (χ4v) is 4.14. The third-order valence-electron chi connectivity index (χ3n) is 5.27. The van der Waals surface area contributed by atoms with Gasteiger partial charge >= 0.3 is 0 Å². The summed E-state index contributed by atoms with van der Waals surface area (Å²) in [6.07, 6.45) is 4.59. The summed E-state index contributed by atoms with van der Waals surface area (Å²) in [6, 6.07) is 10.7. The lowest BCUT2D eigenvalue weighted by Gasteiger charge is -2.28. The number of likely N-dealkylation sites (tertiary alicyclic amines) is 1. The molecule has 1 N–H and O–H groups in total. The molecule has 0 saturated carbocycles. The van der Waals surface area contributed by atoms with Gasteiger partial charge in [0.25, 0.3) is 0 Å². The second-order valence-electron chi connectivity index (χ2n) is 6.75. The molecule has 0 spiro atoms. The van der Waals surface area contributed by atoms with Crippen molar-refractivity contribution in [1.29, 1.82) is 0 Å². The molecule has 1 amide bonds. The molecule has 0 radical (unpaired) electrons. The summed E-state index contributed by atoms with van der Waals surface area (Å²) in [5.74, 6) is 1.37. The molecule has 25 heavy (non-hydrogen) atoms. The van der Waals surface area contributed by atoms with Gasteiger partial charge in [0.2, 0.25) is 5.91 Å². The minimum Gasteiger partial charge on any atom is -0.335 e. The van der Waals surface area contributed by atoms with Crippen LogP contribution in [0.15, 0.2) is 43.0 Å². The van der Waals surface area contributed by atoms with E-state index in [9.17, 15) is 4.79 Å². The maximum Gasteiger partial charge on any atom is 0.223 e. The average Bonchev–Trinajstić information content (AvgIpc) is 3.32. The first kappa shape index (κ1) is 17.9. The van der Waals surface area contributed by atoms with Gasteiger partial charge in [-0.3, -0.25) is 9.48 Å². The van der Waals surface area contributed by atoms with Crippen LogP contribution in [0.4, 0.5) is 0 Å². The quantitative estimate of drug-likeness (QED) is 0.883. The Bertz CT molecular complexity index is 678. The van der Waals surface area contributed by atoms with Crippen LogP contribution in [0.25, 0.3) is 0 Å². The Morgan fingerprint density at radius 1 is 1.24 bits per heavy atom. The SMILES string of the molecule is Cl.O=C(CCCn1cncn1)N1C[C@@H]2CNC[C@@H]2[C@@H]1c1ccccc1. The zero-order chi connectivity index (χ0) is 16.4. The molecule has 1 aromatic carbocycles. The Balaban J connectivity index is 0.00000182. The lowest BCUT2D eigenvalue weighted by Crippen LogP contribution is -2.34. The van der Waals surface area contributed by atoms with E-state index in [0.717, 1.165) is 32.6 Å². The van der Waals surface area contributed by atoms with Crippen LogP contribution >= 0.6 is 12.4 Å². The summed E-state index contributed by atoms with van der Waals surface area (Å²) in [7, 11) is 0. The second-order valence-corrected chi connectivity index (χ2v) is 6.75. The zero-order valence-corrected chi connectivity index (χ0v) is 14.9. The van der Waals surface area contributed by atoms with E-state index < -0.39 is 0 Å². The van der Waals surface area contributed by atoms with E-state index in [-0.39, 0.29) is 24.4 Å². The molecule has 2 aromatic rings. The normalized spacial score (nSPS) is 24.8. The highest BCUT2D eigenvalue weighted by molar-refractivity contribution is 5.85. The highest BCUT2D eigenvalue weighted by atomic mass is 35.5. The van der Waals surface area contributed by atoms with Gasteiger partial charge in [-0.05, 0) is 17.9 Å². The van der Waals surface area contributed by atoms with E-state index >= 15 is 0 Å². The molecular formula is C18H24ClN5O. The van der Waals surface area contributed by atoms with E-state index in [4.69, 9.17) is 0 Å². The predicted octanol–water partition coefficient (Wildman–Crippen LogP) is 1.90. The van der Waals surface area contributed by atoms with Crippen LogP contribution in [0, 0.1) is 11.8 Å². The van der Waals surface area contributed by atoms with Gasteiger partial charge in [-0.2, -0.15) is 5.10 Å². The smallest absolute Gasteiger partial charge is 0.223 e. The van der Waals surface area contributed by atoms with Crippen molar-refractivity contribution in [3.8, 4) is 0 Å². The van der Waals surface area contributed by atoms with Gasteiger partial charge in [0.15, 0.2) is 0 Å². The van der Waals surface area contributed by atoms with Gasteiger partial charge in [-0.15, -0.1) is 12.4 Å². The summed E-state index contributed by atoms with van der Waals surface area (Å²) in [4.78, 5) is 18.9. The number of benzene rings is 1. The largest absolute Gasteiger partial charge is 0.335 e. The van der Waals surface area contributed by atoms with Gasteiger partial charge in [0, 0.05) is 38.5 Å². The molecular weight excluding hydrogens is 338 g/mol. The monoisotopic (exact) mass is 361 g/mol. The second kappa shape index (κ2) is 7.97. The predicted molar refractivity (Wildman–Crippen MR) is 97.2 cm³/mol. The molecule has 4 rings (SSSR count). The molecule has 2 fully saturated rings. The fraction of sp³-hybridized carbons (Fsp3) is 0.500. The van der Waals surface area contributed by atoms with Gasteiger partial charge in [-0.1, -0.05) is 30.3 Å². The summed E-state index contributed by atoms with van der Waals surface area (Å²) >= 11 is 0. The number of hydrogen-bond acceptors (Lipinski definition) is 4. The Morgan fingerprint density at radius 3 is 2.84 bits per heavy atom. The lowest BCUT2D eigenvalue weighted by molar-refractivity contribution is -0.132. The van der Waals surface area contributed by atoms with Crippen molar-refractivity contribution in [2.45, 2.75) is 25.4 Å². The van der Waals surface area contributed by atoms with Crippen LogP contribution < -0.4 is 5.32 Å². The molecule has 2 aliphatic heterocycles. The molecule has 0 bridgehead atoms. The van der Waals surface area contributed by atoms with E-state index in [1.807, 2.05) is 6.07 Å². The Morgan fingerprint density at radius 2 is 2.08 bits per heavy atom. The summed E-state index contributed by atoms with van der Waals surface area (Å²) < 4.78 is 1.78. The first-order chi connectivity index (χ1) is 11.8. The highest BCUT2D eigenvalue weighted by Gasteiger charge is 2.46. The van der Waals surface area contributed by atoms with E-state index in [0.29, 0.717) is 18.3 Å². The van der Waals surface area contributed by atoms with Crippen molar-refractivity contribution in [2.24, 2.45) is 11.8 Å². The van der Waals surface area contributed by atoms with Crippen LogP contribution in [-0.4, -0.2) is 45.2 Å². The molecule has 0 aliphatic carbocycles. The molecule has 7 heteroatoms. The average molecular weight is 362 g/mol. The third kappa shape index (κ3) is 3.70. The van der Waals surface area contributed by atoms with E-state index in [1.54, 1.807) is 11.0 Å². The number of halogens is 1. The maximum absolute atomic E-state index is 12.8. The van der Waals surface area contributed by atoms with Gasteiger partial charge < -0.3 is 10.2 Å². The minimum absolute atomic E-state index is 0. The molecule has 2 saturated heterocycles. The fourth-order valence-electron chi connectivity index (χ4n) is 4.14. The number of rotatable bonds is 5. The topological polar surface area (TPSA) is 63.1 Å². The number of aromatic nitrogens is 3. The standard InChI is InChI=1S/C18H23N5O.ClH/c24-17(7-4-8-22-13-20-12-21-22)23-11-15-9-19-10-16(15)18(23)14-5-2-1-3-6-14;/h1-3,5-6,12-13,15-16,18-19H,4,7-11H2;1H/t15-,16-,18-;/m0./s1.